The van der Waals surface area contributed by atoms with Crippen LogP contribution >= 0.6 is 11.6 Å². The topological polar surface area (TPSA) is 68.2 Å². The Morgan fingerprint density at radius 2 is 1.78 bits per heavy atom. The number of nitrogens with one attached hydrogen (secondary N) is 2. The number of aryl methyl sites for hydroxylation is 1. The first-order valence-corrected chi connectivity index (χ1v) is 8.24. The molecule has 0 saturated heterocycles. The second-order valence-corrected chi connectivity index (χ2v) is 6.01. The van der Waals surface area contributed by atoms with E-state index in [-0.39, 0.29) is 5.75 Å². The SMILES string of the molecule is Cc1cc(NC(=O)Nc2ccccc2)n(-c2ccc(OC(F)(F)Cl)cc2)n1. The number of ether oxygens (including phenoxy) is 1. The van der Waals surface area contributed by atoms with Crippen molar-refractivity contribution in [3.8, 4) is 11.4 Å². The van der Waals surface area contributed by atoms with E-state index in [4.69, 9.17) is 11.6 Å². The summed E-state index contributed by atoms with van der Waals surface area (Å²) in [6.45, 7) is 1.77. The van der Waals surface area contributed by atoms with Crippen LogP contribution in [0.15, 0.2) is 60.7 Å². The van der Waals surface area contributed by atoms with Gasteiger partial charge in [0.2, 0.25) is 0 Å². The maximum absolute atomic E-state index is 12.7. The van der Waals surface area contributed by atoms with Crippen molar-refractivity contribution in [2.45, 2.75) is 12.5 Å². The molecule has 9 heteroatoms. The molecule has 0 saturated carbocycles. The summed E-state index contributed by atoms with van der Waals surface area (Å²) in [4.78, 5) is 12.2. The van der Waals surface area contributed by atoms with Crippen molar-refractivity contribution in [3.63, 3.8) is 0 Å². The molecule has 2 N–H and O–H groups in total. The number of para-hydroxylation sites is 1. The zero-order valence-corrected chi connectivity index (χ0v) is 14.9. The molecule has 6 nitrogen and oxygen atoms in total. The van der Waals surface area contributed by atoms with Crippen LogP contribution in [0.1, 0.15) is 5.69 Å². The number of hydrogen-bond acceptors (Lipinski definition) is 3. The lowest BCUT2D eigenvalue weighted by Gasteiger charge is -2.12. The molecule has 2 aromatic carbocycles. The van der Waals surface area contributed by atoms with E-state index in [0.717, 1.165) is 0 Å². The van der Waals surface area contributed by atoms with Crippen molar-refractivity contribution in [3.05, 3.63) is 66.4 Å². The fraction of sp³-hybridized carbons (Fsp3) is 0.111. The normalized spacial score (nSPS) is 11.1. The van der Waals surface area contributed by atoms with Crippen LogP contribution in [0.2, 0.25) is 0 Å². The average molecular weight is 393 g/mol. The third-order valence-electron chi connectivity index (χ3n) is 3.42. The number of urea groups is 1. The molecule has 2 amide bonds. The van der Waals surface area contributed by atoms with E-state index in [1.807, 2.05) is 6.07 Å². The van der Waals surface area contributed by atoms with Gasteiger partial charge in [-0.25, -0.2) is 9.48 Å². The van der Waals surface area contributed by atoms with Gasteiger partial charge in [0.25, 0.3) is 0 Å². The van der Waals surface area contributed by atoms with Crippen LogP contribution in [0.4, 0.5) is 25.1 Å². The minimum Gasteiger partial charge on any atom is -0.420 e. The summed E-state index contributed by atoms with van der Waals surface area (Å²) in [6.07, 6.45) is 0. The summed E-state index contributed by atoms with van der Waals surface area (Å²) in [7, 11) is 0. The Morgan fingerprint density at radius 3 is 2.41 bits per heavy atom. The van der Waals surface area contributed by atoms with Gasteiger partial charge in [-0.3, -0.25) is 5.32 Å². The fourth-order valence-electron chi connectivity index (χ4n) is 2.37. The number of rotatable bonds is 5. The molecule has 0 atom stereocenters. The number of amides is 2. The highest BCUT2D eigenvalue weighted by Crippen LogP contribution is 2.26. The largest absolute Gasteiger partial charge is 0.487 e. The molecule has 0 aliphatic rings. The van der Waals surface area contributed by atoms with Crippen molar-refractivity contribution in [1.82, 2.24) is 9.78 Å². The molecule has 0 fully saturated rings. The first-order chi connectivity index (χ1) is 12.8. The van der Waals surface area contributed by atoms with Gasteiger partial charge < -0.3 is 10.1 Å². The minimum atomic E-state index is -3.79. The average Bonchev–Trinajstić information content (AvgIpc) is 2.95. The van der Waals surface area contributed by atoms with E-state index < -0.39 is 11.6 Å². The molecule has 0 unspecified atom stereocenters. The number of carbonyl (C=O) groups is 1. The number of benzene rings is 2. The highest BCUT2D eigenvalue weighted by molar-refractivity contribution is 6.20. The van der Waals surface area contributed by atoms with Crippen LogP contribution in [0.25, 0.3) is 5.69 Å². The van der Waals surface area contributed by atoms with E-state index in [9.17, 15) is 13.6 Å². The summed E-state index contributed by atoms with van der Waals surface area (Å²) in [5.74, 6) is 0.316. The molecular weight excluding hydrogens is 378 g/mol. The third-order valence-corrected chi connectivity index (χ3v) is 3.50. The van der Waals surface area contributed by atoms with Crippen molar-refractivity contribution in [2.24, 2.45) is 0 Å². The Morgan fingerprint density at radius 1 is 1.11 bits per heavy atom. The van der Waals surface area contributed by atoms with Gasteiger partial charge in [0, 0.05) is 23.4 Å². The molecule has 140 valence electrons. The van der Waals surface area contributed by atoms with Crippen LogP contribution in [-0.2, 0) is 0 Å². The minimum absolute atomic E-state index is 0.0982. The lowest BCUT2D eigenvalue weighted by atomic mass is 10.3. The van der Waals surface area contributed by atoms with Crippen LogP contribution in [0.5, 0.6) is 5.75 Å². The Labute approximate surface area is 158 Å². The highest BCUT2D eigenvalue weighted by atomic mass is 35.5. The Bertz CT molecular complexity index is 925. The second kappa shape index (κ2) is 7.63. The number of carbonyl (C=O) groups excluding carboxylic acids is 1. The smallest absolute Gasteiger partial charge is 0.420 e. The summed E-state index contributed by atoms with van der Waals surface area (Å²) in [5.41, 5.74) is -1.94. The van der Waals surface area contributed by atoms with Gasteiger partial charge >= 0.3 is 11.6 Å². The molecule has 27 heavy (non-hydrogen) atoms. The summed E-state index contributed by atoms with van der Waals surface area (Å²) < 4.78 is 31.1. The third kappa shape index (κ3) is 5.18. The molecule has 0 radical (unpaired) electrons. The van der Waals surface area contributed by atoms with E-state index in [1.165, 1.54) is 28.9 Å². The fourth-order valence-corrected chi connectivity index (χ4v) is 2.46. The summed E-state index contributed by atoms with van der Waals surface area (Å²) in [5, 5.41) is 9.72. The number of aromatic nitrogens is 2. The first-order valence-electron chi connectivity index (χ1n) is 7.86. The molecule has 1 aromatic heterocycles. The van der Waals surface area contributed by atoms with Gasteiger partial charge in [0.1, 0.15) is 11.6 Å². The number of hydrogen-bond donors (Lipinski definition) is 2. The molecule has 0 aliphatic heterocycles. The van der Waals surface area contributed by atoms with Gasteiger partial charge in [-0.15, -0.1) is 8.78 Å². The first kappa shape index (κ1) is 18.7. The lowest BCUT2D eigenvalue weighted by molar-refractivity contribution is -0.0964. The number of alkyl halides is 3. The van der Waals surface area contributed by atoms with Gasteiger partial charge in [0.05, 0.1) is 11.4 Å². The molecule has 0 spiro atoms. The summed E-state index contributed by atoms with van der Waals surface area (Å²) in [6, 6.07) is 15.9. The van der Waals surface area contributed by atoms with Gasteiger partial charge in [-0.2, -0.15) is 5.10 Å². The van der Waals surface area contributed by atoms with E-state index in [0.29, 0.717) is 22.9 Å². The van der Waals surface area contributed by atoms with Gasteiger partial charge in [0.15, 0.2) is 0 Å². The van der Waals surface area contributed by atoms with E-state index >= 15 is 0 Å². The van der Waals surface area contributed by atoms with E-state index in [2.05, 4.69) is 20.5 Å². The zero-order valence-electron chi connectivity index (χ0n) is 14.1. The van der Waals surface area contributed by atoms with E-state index in [1.54, 1.807) is 37.3 Å². The maximum Gasteiger partial charge on any atom is 0.487 e. The van der Waals surface area contributed by atoms with Gasteiger partial charge in [-0.1, -0.05) is 18.2 Å². The molecule has 1 heterocycles. The summed E-state index contributed by atoms with van der Waals surface area (Å²) >= 11 is 4.75. The molecule has 3 aromatic rings. The monoisotopic (exact) mass is 392 g/mol. The maximum atomic E-state index is 12.7. The van der Waals surface area contributed by atoms with Crippen LogP contribution in [-0.4, -0.2) is 21.4 Å². The standard InChI is InChI=1S/C18H15ClF2N4O2/c1-12-11-16(23-17(26)22-13-5-3-2-4-6-13)25(24-12)14-7-9-15(10-8-14)27-18(19,20)21/h2-11H,1H3,(H2,22,23,26). The molecule has 3 rings (SSSR count). The van der Waals surface area contributed by atoms with Crippen molar-refractivity contribution >= 4 is 29.1 Å². The Kier molecular flexibility index (Phi) is 5.27. The predicted molar refractivity (Wildman–Crippen MR) is 98.8 cm³/mol. The van der Waals surface area contributed by atoms with Gasteiger partial charge in [-0.05, 0) is 43.3 Å². The second-order valence-electron chi connectivity index (χ2n) is 5.57. The highest BCUT2D eigenvalue weighted by Gasteiger charge is 2.27. The number of anilines is 2. The van der Waals surface area contributed by atoms with Crippen molar-refractivity contribution in [2.75, 3.05) is 10.6 Å². The Balaban J connectivity index is 1.76. The predicted octanol–water partition coefficient (Wildman–Crippen LogP) is 4.99. The number of halogens is 3. The molecule has 0 aliphatic carbocycles. The van der Waals surface area contributed by atoms with Crippen LogP contribution in [0, 0.1) is 6.92 Å². The molecular formula is C18H15ClF2N4O2. The zero-order chi connectivity index (χ0) is 19.4. The van der Waals surface area contributed by atoms with Crippen LogP contribution < -0.4 is 15.4 Å². The van der Waals surface area contributed by atoms with Crippen LogP contribution in [0.3, 0.4) is 0 Å². The van der Waals surface area contributed by atoms with Crippen molar-refractivity contribution in [1.29, 1.82) is 0 Å². The lowest BCUT2D eigenvalue weighted by Crippen LogP contribution is -2.21. The quantitative estimate of drug-likeness (QED) is 0.601. The molecule has 0 bridgehead atoms. The Hall–Kier alpha value is -3.13. The van der Waals surface area contributed by atoms with Crippen molar-refractivity contribution < 1.29 is 18.3 Å². The number of nitrogens with zero attached hydrogens (tertiary/aromatic N) is 2.